The van der Waals surface area contributed by atoms with Crippen LogP contribution in [0.1, 0.15) is 13.3 Å². The number of nitrogens with zero attached hydrogens (tertiary/aromatic N) is 2. The van der Waals surface area contributed by atoms with Gasteiger partial charge in [0.25, 0.3) is 0 Å². The van der Waals surface area contributed by atoms with Crippen LogP contribution in [0.2, 0.25) is 0 Å². The van der Waals surface area contributed by atoms with E-state index in [0.29, 0.717) is 0 Å². The highest BCUT2D eigenvalue weighted by Crippen LogP contribution is 2.30. The summed E-state index contributed by atoms with van der Waals surface area (Å²) in [6.07, 6.45) is 2.55. The second kappa shape index (κ2) is 6.38. The van der Waals surface area contributed by atoms with E-state index in [2.05, 4.69) is 22.9 Å². The van der Waals surface area contributed by atoms with E-state index in [1.807, 2.05) is 24.4 Å². The molecule has 1 aromatic heterocycles. The van der Waals surface area contributed by atoms with Gasteiger partial charge in [0.05, 0.1) is 7.11 Å². The second-order valence-corrected chi connectivity index (χ2v) is 4.35. The fraction of sp³-hybridized carbons (Fsp3) is 0.400. The zero-order chi connectivity index (χ0) is 13.7. The van der Waals surface area contributed by atoms with Crippen molar-refractivity contribution in [3.05, 3.63) is 30.5 Å². The summed E-state index contributed by atoms with van der Waals surface area (Å²) in [7, 11) is 1.68. The number of aliphatic hydroxyl groups excluding tert-OH is 1. The average Bonchev–Trinajstić information content (AvgIpc) is 2.47. The number of anilines is 1. The highest BCUT2D eigenvalue weighted by atomic mass is 16.5. The van der Waals surface area contributed by atoms with Gasteiger partial charge in [-0.1, -0.05) is 12.1 Å². The summed E-state index contributed by atoms with van der Waals surface area (Å²) in [5.41, 5.74) is 0. The van der Waals surface area contributed by atoms with E-state index >= 15 is 0 Å². The summed E-state index contributed by atoms with van der Waals surface area (Å²) >= 11 is 0. The second-order valence-electron chi connectivity index (χ2n) is 4.35. The van der Waals surface area contributed by atoms with Gasteiger partial charge in [0, 0.05) is 36.7 Å². The summed E-state index contributed by atoms with van der Waals surface area (Å²) < 4.78 is 5.39. The predicted octanol–water partition coefficient (Wildman–Crippen LogP) is 2.45. The zero-order valence-corrected chi connectivity index (χ0v) is 11.5. The number of aromatic nitrogens is 1. The van der Waals surface area contributed by atoms with Crippen LogP contribution in [0.25, 0.3) is 10.8 Å². The molecule has 0 amide bonds. The van der Waals surface area contributed by atoms with Crippen molar-refractivity contribution in [3.8, 4) is 5.75 Å². The quantitative estimate of drug-likeness (QED) is 0.866. The first-order valence-electron chi connectivity index (χ1n) is 6.59. The lowest BCUT2D eigenvalue weighted by molar-refractivity contribution is 0.289. The molecule has 102 valence electrons. The van der Waals surface area contributed by atoms with Gasteiger partial charge in [0.15, 0.2) is 0 Å². The molecule has 0 fully saturated rings. The van der Waals surface area contributed by atoms with Gasteiger partial charge in [-0.05, 0) is 25.5 Å². The third-order valence-corrected chi connectivity index (χ3v) is 3.23. The van der Waals surface area contributed by atoms with Crippen LogP contribution in [-0.4, -0.2) is 36.9 Å². The van der Waals surface area contributed by atoms with Crippen molar-refractivity contribution in [2.45, 2.75) is 13.3 Å². The molecule has 4 heteroatoms. The van der Waals surface area contributed by atoms with E-state index in [-0.39, 0.29) is 6.61 Å². The molecule has 0 bridgehead atoms. The Morgan fingerprint density at radius 1 is 1.26 bits per heavy atom. The number of hydrogen-bond donors (Lipinski definition) is 1. The molecule has 0 aliphatic rings. The van der Waals surface area contributed by atoms with Crippen molar-refractivity contribution >= 4 is 16.6 Å². The van der Waals surface area contributed by atoms with Crippen LogP contribution in [0.5, 0.6) is 5.75 Å². The summed E-state index contributed by atoms with van der Waals surface area (Å²) in [6.45, 7) is 3.96. The molecule has 0 atom stereocenters. The summed E-state index contributed by atoms with van der Waals surface area (Å²) in [6, 6.07) is 7.96. The molecule has 1 aromatic carbocycles. The number of rotatable bonds is 6. The van der Waals surface area contributed by atoms with Crippen molar-refractivity contribution in [1.29, 1.82) is 0 Å². The molecule has 0 unspecified atom stereocenters. The summed E-state index contributed by atoms with van der Waals surface area (Å²) in [5.74, 6) is 1.81. The standard InChI is InChI=1S/C15H20N2O2/c1-3-17(10-5-11-18)15-13-6-4-7-14(19-2)12(13)8-9-16-15/h4,6-9,18H,3,5,10-11H2,1-2H3. The molecule has 0 saturated carbocycles. The number of hydrogen-bond acceptors (Lipinski definition) is 4. The van der Waals surface area contributed by atoms with Crippen LogP contribution in [-0.2, 0) is 0 Å². The number of ether oxygens (including phenoxy) is 1. The van der Waals surface area contributed by atoms with Gasteiger partial charge in [-0.15, -0.1) is 0 Å². The van der Waals surface area contributed by atoms with Crippen molar-refractivity contribution in [3.63, 3.8) is 0 Å². The fourth-order valence-electron chi connectivity index (χ4n) is 2.27. The maximum atomic E-state index is 8.99. The maximum absolute atomic E-state index is 8.99. The van der Waals surface area contributed by atoms with E-state index < -0.39 is 0 Å². The highest BCUT2D eigenvalue weighted by Gasteiger charge is 2.11. The molecule has 4 nitrogen and oxygen atoms in total. The largest absolute Gasteiger partial charge is 0.496 e. The Morgan fingerprint density at radius 2 is 2.11 bits per heavy atom. The first-order chi connectivity index (χ1) is 9.31. The molecule has 0 spiro atoms. The van der Waals surface area contributed by atoms with Crippen molar-refractivity contribution < 1.29 is 9.84 Å². The topological polar surface area (TPSA) is 45.6 Å². The fourth-order valence-corrected chi connectivity index (χ4v) is 2.27. The van der Waals surface area contributed by atoms with E-state index in [1.54, 1.807) is 7.11 Å². The Morgan fingerprint density at radius 3 is 2.79 bits per heavy atom. The molecule has 19 heavy (non-hydrogen) atoms. The predicted molar refractivity (Wildman–Crippen MR) is 77.9 cm³/mol. The van der Waals surface area contributed by atoms with Gasteiger partial charge >= 0.3 is 0 Å². The number of pyridine rings is 1. The van der Waals surface area contributed by atoms with E-state index in [9.17, 15) is 0 Å². The molecular formula is C15H20N2O2. The number of methoxy groups -OCH3 is 1. The first kappa shape index (κ1) is 13.6. The van der Waals surface area contributed by atoms with Gasteiger partial charge in [-0.25, -0.2) is 4.98 Å². The van der Waals surface area contributed by atoms with Crippen LogP contribution >= 0.6 is 0 Å². The van der Waals surface area contributed by atoms with Gasteiger partial charge in [-0.2, -0.15) is 0 Å². The lowest BCUT2D eigenvalue weighted by atomic mass is 10.1. The third kappa shape index (κ3) is 2.79. The minimum atomic E-state index is 0.199. The van der Waals surface area contributed by atoms with Crippen molar-refractivity contribution in [1.82, 2.24) is 4.98 Å². The van der Waals surface area contributed by atoms with Crippen LogP contribution < -0.4 is 9.64 Å². The maximum Gasteiger partial charge on any atom is 0.136 e. The minimum absolute atomic E-state index is 0.199. The first-order valence-corrected chi connectivity index (χ1v) is 6.59. The van der Waals surface area contributed by atoms with E-state index in [4.69, 9.17) is 9.84 Å². The minimum Gasteiger partial charge on any atom is -0.496 e. The molecule has 1 heterocycles. The van der Waals surface area contributed by atoms with Gasteiger partial charge in [0.1, 0.15) is 11.6 Å². The van der Waals surface area contributed by atoms with Crippen LogP contribution in [0.3, 0.4) is 0 Å². The Balaban J connectivity index is 2.47. The van der Waals surface area contributed by atoms with E-state index in [0.717, 1.165) is 41.9 Å². The van der Waals surface area contributed by atoms with Gasteiger partial charge in [-0.3, -0.25) is 0 Å². The Bertz CT molecular complexity index is 543. The third-order valence-electron chi connectivity index (χ3n) is 3.23. The van der Waals surface area contributed by atoms with Crippen molar-refractivity contribution in [2.75, 3.05) is 31.7 Å². The van der Waals surface area contributed by atoms with Crippen molar-refractivity contribution in [2.24, 2.45) is 0 Å². The summed E-state index contributed by atoms with van der Waals surface area (Å²) in [5, 5.41) is 11.1. The number of fused-ring (bicyclic) bond motifs is 1. The Hall–Kier alpha value is -1.81. The van der Waals surface area contributed by atoms with Crippen LogP contribution in [0.15, 0.2) is 30.5 Å². The molecule has 0 radical (unpaired) electrons. The van der Waals surface area contributed by atoms with Gasteiger partial charge in [0.2, 0.25) is 0 Å². The number of aliphatic hydroxyl groups is 1. The molecule has 2 aromatic rings. The molecule has 2 rings (SSSR count). The lowest BCUT2D eigenvalue weighted by Crippen LogP contribution is -2.25. The number of benzene rings is 1. The molecule has 1 N–H and O–H groups in total. The van der Waals surface area contributed by atoms with Crippen LogP contribution in [0, 0.1) is 0 Å². The summed E-state index contributed by atoms with van der Waals surface area (Å²) in [4.78, 5) is 6.67. The molecule has 0 saturated heterocycles. The highest BCUT2D eigenvalue weighted by molar-refractivity contribution is 5.96. The molecular weight excluding hydrogens is 240 g/mol. The molecule has 0 aliphatic carbocycles. The molecule has 0 aliphatic heterocycles. The monoisotopic (exact) mass is 260 g/mol. The van der Waals surface area contributed by atoms with Gasteiger partial charge < -0.3 is 14.7 Å². The normalized spacial score (nSPS) is 10.7. The smallest absolute Gasteiger partial charge is 0.136 e. The average molecular weight is 260 g/mol. The Labute approximate surface area is 113 Å². The van der Waals surface area contributed by atoms with E-state index in [1.165, 1.54) is 0 Å². The lowest BCUT2D eigenvalue weighted by Gasteiger charge is -2.23. The van der Waals surface area contributed by atoms with Crippen LogP contribution in [0.4, 0.5) is 5.82 Å². The SMILES string of the molecule is CCN(CCCO)c1nccc2c(OC)cccc12. The zero-order valence-electron chi connectivity index (χ0n) is 11.5. The Kier molecular flexibility index (Phi) is 4.58.